The van der Waals surface area contributed by atoms with Gasteiger partial charge in [-0.15, -0.1) is 0 Å². The third kappa shape index (κ3) is 8.81. The molecule has 5 heteroatoms. The second-order valence-electron chi connectivity index (χ2n) is 0.789. The summed E-state index contributed by atoms with van der Waals surface area (Å²) in [6.07, 6.45) is 3.42. The van der Waals surface area contributed by atoms with Crippen molar-refractivity contribution in [2.45, 2.75) is 0 Å². The molecule has 8 heavy (non-hydrogen) atoms. The van der Waals surface area contributed by atoms with Crippen molar-refractivity contribution in [3.63, 3.8) is 0 Å². The van der Waals surface area contributed by atoms with E-state index >= 15 is 0 Å². The van der Waals surface area contributed by atoms with E-state index in [-0.39, 0.29) is 98.1 Å². The molecule has 0 saturated heterocycles. The minimum atomic E-state index is 0. The molecular formula is C3H4NOY3-. The summed E-state index contributed by atoms with van der Waals surface area (Å²) in [5.74, 6) is 0. The molecule has 0 saturated carbocycles. The fourth-order valence-electron chi connectivity index (χ4n) is 0.215. The molecule has 0 fully saturated rings. The van der Waals surface area contributed by atoms with Gasteiger partial charge in [0.05, 0.1) is 6.26 Å². The van der Waals surface area contributed by atoms with Crippen molar-refractivity contribution in [3.05, 3.63) is 17.8 Å². The fraction of sp³-hybridized carbons (Fsp3) is 0.333. The summed E-state index contributed by atoms with van der Waals surface area (Å²) >= 11 is 0. The van der Waals surface area contributed by atoms with Crippen LogP contribution in [0.25, 0.3) is 5.48 Å². The molecule has 37 valence electrons. The van der Waals surface area contributed by atoms with Crippen LogP contribution in [0.4, 0.5) is 0 Å². The molecule has 0 aromatic rings. The minimum absolute atomic E-state index is 0. The first-order valence-electron chi connectivity index (χ1n) is 1.48. The van der Waals surface area contributed by atoms with Crippen LogP contribution in [-0.2, 0) is 103 Å². The Morgan fingerprint density at radius 1 is 1.25 bits per heavy atom. The predicted octanol–water partition coefficient (Wildman–Crippen LogP) is 0.811. The first kappa shape index (κ1) is 17.1. The maximum atomic E-state index is 4.39. The van der Waals surface area contributed by atoms with Gasteiger partial charge in [0.2, 0.25) is 0 Å². The van der Waals surface area contributed by atoms with Crippen LogP contribution in [0.3, 0.4) is 0 Å². The summed E-state index contributed by atoms with van der Waals surface area (Å²) < 4.78 is 0. The molecule has 1 aliphatic heterocycles. The molecule has 0 N–H and O–H groups in total. The number of nitrogens with zero attached hydrogens (tertiary/aromatic N) is 1. The van der Waals surface area contributed by atoms with Crippen molar-refractivity contribution < 1.29 is 103 Å². The van der Waals surface area contributed by atoms with Crippen molar-refractivity contribution in [2.75, 3.05) is 6.54 Å². The second-order valence-corrected chi connectivity index (χ2v) is 0.789. The van der Waals surface area contributed by atoms with Crippen LogP contribution < -0.4 is 0 Å². The standard InChI is InChI=1S/C3H4NO.3Y/c1-2-4-5-3-1;;;/h1,3H,2H2;;;/q-1;;;. The van der Waals surface area contributed by atoms with Crippen molar-refractivity contribution in [3.8, 4) is 0 Å². The van der Waals surface area contributed by atoms with Crippen LogP contribution >= 0.6 is 0 Å². The number of hydrogen-bond donors (Lipinski definition) is 0. The Morgan fingerprint density at radius 3 is 2.00 bits per heavy atom. The van der Waals surface area contributed by atoms with Crippen LogP contribution in [-0.4, -0.2) is 6.54 Å². The largest absolute Gasteiger partial charge is 0.593 e. The van der Waals surface area contributed by atoms with E-state index in [4.69, 9.17) is 0 Å². The Kier molecular flexibility index (Phi) is 26.6. The Morgan fingerprint density at radius 2 is 1.88 bits per heavy atom. The van der Waals surface area contributed by atoms with Gasteiger partial charge >= 0.3 is 0 Å². The van der Waals surface area contributed by atoms with Crippen LogP contribution in [0.1, 0.15) is 0 Å². The molecule has 1 rings (SSSR count). The van der Waals surface area contributed by atoms with E-state index in [9.17, 15) is 0 Å². The zero-order valence-corrected chi connectivity index (χ0v) is 13.0. The maximum Gasteiger partial charge on any atom is 0.0570 e. The molecule has 0 amide bonds. The molecule has 1 aliphatic rings. The molecule has 0 spiro atoms. The van der Waals surface area contributed by atoms with Crippen LogP contribution in [0.2, 0.25) is 0 Å². The molecule has 0 aromatic carbocycles. The van der Waals surface area contributed by atoms with Gasteiger partial charge in [0.15, 0.2) is 0 Å². The van der Waals surface area contributed by atoms with E-state index < -0.39 is 0 Å². The average molecular weight is 337 g/mol. The zero-order chi connectivity index (χ0) is 3.54. The average Bonchev–Trinajstić information content (AvgIpc) is 1.76. The molecule has 0 aromatic heterocycles. The van der Waals surface area contributed by atoms with Gasteiger partial charge in [-0.1, -0.05) is 12.6 Å². The van der Waals surface area contributed by atoms with Crippen molar-refractivity contribution in [2.24, 2.45) is 0 Å². The Labute approximate surface area is 125 Å². The van der Waals surface area contributed by atoms with Gasteiger partial charge in [-0.05, 0) is 0 Å². The summed E-state index contributed by atoms with van der Waals surface area (Å²) in [4.78, 5) is 4.39. The third-order valence-electron chi connectivity index (χ3n) is 0.412. The van der Waals surface area contributed by atoms with Gasteiger partial charge in [0.25, 0.3) is 0 Å². The van der Waals surface area contributed by atoms with E-state index in [0.29, 0.717) is 0 Å². The van der Waals surface area contributed by atoms with Gasteiger partial charge in [-0.3, -0.25) is 0 Å². The van der Waals surface area contributed by atoms with Gasteiger partial charge in [-0.2, -0.15) is 0 Å². The summed E-state index contributed by atoms with van der Waals surface area (Å²) in [5.41, 5.74) is 3.47. The van der Waals surface area contributed by atoms with E-state index in [1.165, 1.54) is 0 Å². The number of hydroxylamine groups is 1. The van der Waals surface area contributed by atoms with Crippen LogP contribution in [0.5, 0.6) is 0 Å². The van der Waals surface area contributed by atoms with Gasteiger partial charge in [-0.25, -0.2) is 0 Å². The van der Waals surface area contributed by atoms with Crippen LogP contribution in [0, 0.1) is 0 Å². The molecule has 3 radical (unpaired) electrons. The molecule has 0 unspecified atom stereocenters. The number of rotatable bonds is 0. The topological polar surface area (TPSA) is 23.3 Å². The Balaban J connectivity index is -0.0000000833. The molecule has 2 nitrogen and oxygen atoms in total. The van der Waals surface area contributed by atoms with Gasteiger partial charge in [0, 0.05) is 98.1 Å². The van der Waals surface area contributed by atoms with E-state index in [1.54, 1.807) is 6.26 Å². The van der Waals surface area contributed by atoms with E-state index in [1.807, 2.05) is 6.08 Å². The smallest absolute Gasteiger partial charge is 0.0570 e. The van der Waals surface area contributed by atoms with E-state index in [2.05, 4.69) is 10.3 Å². The van der Waals surface area contributed by atoms with Crippen molar-refractivity contribution >= 4 is 0 Å². The first-order chi connectivity index (χ1) is 2.50. The van der Waals surface area contributed by atoms with Gasteiger partial charge in [0.1, 0.15) is 0 Å². The summed E-state index contributed by atoms with van der Waals surface area (Å²) in [6, 6.07) is 0. The molecular weight excluding hydrogens is 333 g/mol. The summed E-state index contributed by atoms with van der Waals surface area (Å²) in [7, 11) is 0. The second kappa shape index (κ2) is 12.5. The fourth-order valence-corrected chi connectivity index (χ4v) is 0.215. The normalized spacial score (nSPS) is 12.0. The zero-order valence-electron chi connectivity index (χ0n) is 4.45. The third-order valence-corrected chi connectivity index (χ3v) is 0.412. The molecule has 0 bridgehead atoms. The molecule has 1 heterocycles. The summed E-state index contributed by atoms with van der Waals surface area (Å²) in [6.45, 7) is 0.722. The molecule has 0 atom stereocenters. The van der Waals surface area contributed by atoms with Crippen LogP contribution in [0.15, 0.2) is 12.3 Å². The van der Waals surface area contributed by atoms with Crippen molar-refractivity contribution in [1.82, 2.24) is 0 Å². The molecule has 0 aliphatic carbocycles. The van der Waals surface area contributed by atoms with Gasteiger partial charge < -0.3 is 10.3 Å². The Bertz CT molecular complexity index is 52.5. The van der Waals surface area contributed by atoms with Crippen molar-refractivity contribution in [1.29, 1.82) is 0 Å². The quantitative estimate of drug-likeness (QED) is 0.642. The SMILES string of the molecule is C1=CO[N-]C1.[Y].[Y].[Y]. The predicted molar refractivity (Wildman–Crippen MR) is 18.5 cm³/mol. The minimum Gasteiger partial charge on any atom is -0.593 e. The number of hydrogen-bond acceptors (Lipinski definition) is 1. The monoisotopic (exact) mass is 337 g/mol. The Hall–Kier alpha value is 2.81. The summed E-state index contributed by atoms with van der Waals surface area (Å²) in [5, 5.41) is 0. The van der Waals surface area contributed by atoms with E-state index in [0.717, 1.165) is 6.54 Å². The first-order valence-corrected chi connectivity index (χ1v) is 1.48. The maximum absolute atomic E-state index is 4.39.